The monoisotopic (exact) mass is 987 g/mol. The second-order valence-electron chi connectivity index (χ2n) is 19.7. The first-order valence-electron chi connectivity index (χ1n) is 25.7. The number of hydrogen-bond donors (Lipinski definition) is 2. The quantitative estimate of drug-likeness (QED) is 0.0296. The molecule has 6 atom stereocenters. The fourth-order valence-electron chi connectivity index (χ4n) is 11.8. The number of ether oxygens (including phenoxy) is 5. The molecular formula is C57H66FN3O11. The summed E-state index contributed by atoms with van der Waals surface area (Å²) >= 11 is 0. The molecule has 1 amide bonds. The Kier molecular flexibility index (Phi) is 16.5. The highest BCUT2D eigenvalue weighted by atomic mass is 19.1. The van der Waals surface area contributed by atoms with E-state index in [0.29, 0.717) is 65.0 Å². The number of halogens is 1. The Morgan fingerprint density at radius 3 is 2.42 bits per heavy atom. The van der Waals surface area contributed by atoms with E-state index in [1.807, 2.05) is 41.3 Å². The van der Waals surface area contributed by atoms with Crippen LogP contribution < -0.4 is 18.9 Å². The van der Waals surface area contributed by atoms with Gasteiger partial charge in [-0.15, -0.1) is 6.58 Å². The van der Waals surface area contributed by atoms with E-state index < -0.39 is 22.7 Å². The van der Waals surface area contributed by atoms with Gasteiger partial charge in [-0.3, -0.25) is 14.9 Å². The van der Waals surface area contributed by atoms with Crippen LogP contribution in [0.4, 0.5) is 10.1 Å². The predicted molar refractivity (Wildman–Crippen MR) is 268 cm³/mol. The van der Waals surface area contributed by atoms with Crippen molar-refractivity contribution in [2.75, 3.05) is 26.6 Å². The Labute approximate surface area is 420 Å². The first-order valence-corrected chi connectivity index (χ1v) is 25.7. The van der Waals surface area contributed by atoms with Crippen LogP contribution >= 0.6 is 0 Å². The number of nitro groups is 1. The number of fused-ring (bicyclic) bond motifs is 3. The summed E-state index contributed by atoms with van der Waals surface area (Å²) in [5.41, 5.74) is 4.26. The molecule has 2 fully saturated rings. The number of nitro benzene ring substituents is 1. The fourth-order valence-corrected chi connectivity index (χ4v) is 11.8. The van der Waals surface area contributed by atoms with Gasteiger partial charge in [0.25, 0.3) is 5.69 Å². The summed E-state index contributed by atoms with van der Waals surface area (Å²) in [7, 11) is 0. The maximum atomic E-state index is 15.4. The summed E-state index contributed by atoms with van der Waals surface area (Å²) in [5, 5.41) is 36.6. The van der Waals surface area contributed by atoms with Crippen molar-refractivity contribution in [2.45, 2.75) is 121 Å². The van der Waals surface area contributed by atoms with Crippen LogP contribution in [-0.2, 0) is 34.1 Å². The third-order valence-corrected chi connectivity index (χ3v) is 15.3. The number of nitrogens with zero attached hydrogens (tertiary/aromatic N) is 3. The van der Waals surface area contributed by atoms with Gasteiger partial charge in [0.15, 0.2) is 11.5 Å². The number of allylic oxidation sites excluding steroid dienone is 1. The second-order valence-corrected chi connectivity index (χ2v) is 19.7. The van der Waals surface area contributed by atoms with Crippen molar-refractivity contribution in [3.05, 3.63) is 147 Å². The summed E-state index contributed by atoms with van der Waals surface area (Å²) in [6.07, 6.45) is 14.0. The average Bonchev–Trinajstić information content (AvgIpc) is 4.11. The van der Waals surface area contributed by atoms with E-state index in [4.69, 9.17) is 33.7 Å². The van der Waals surface area contributed by atoms with Crippen molar-refractivity contribution in [2.24, 2.45) is 28.8 Å². The highest BCUT2D eigenvalue weighted by Crippen LogP contribution is 2.62. The third-order valence-electron chi connectivity index (χ3n) is 15.3. The molecule has 2 aliphatic heterocycles. The van der Waals surface area contributed by atoms with Crippen LogP contribution in [-0.4, -0.2) is 70.1 Å². The molecule has 0 saturated heterocycles. The van der Waals surface area contributed by atoms with Crippen LogP contribution in [0.2, 0.25) is 0 Å². The Balaban J connectivity index is 1.21. The molecule has 4 aromatic carbocycles. The fraction of sp³-hybridized carbons (Fsp3) is 0.474. The van der Waals surface area contributed by atoms with Gasteiger partial charge in [-0.25, -0.2) is 4.39 Å². The van der Waals surface area contributed by atoms with Crippen molar-refractivity contribution in [1.82, 2.24) is 4.90 Å². The molecule has 0 unspecified atom stereocenters. The topological polar surface area (TPSA) is 172 Å². The predicted octanol–water partition coefficient (Wildman–Crippen LogP) is 10.9. The lowest BCUT2D eigenvalue weighted by molar-refractivity contribution is -0.384. The van der Waals surface area contributed by atoms with Gasteiger partial charge in [0, 0.05) is 61.8 Å². The van der Waals surface area contributed by atoms with E-state index in [1.165, 1.54) is 18.2 Å². The highest BCUT2D eigenvalue weighted by molar-refractivity contribution is 6.03. The van der Waals surface area contributed by atoms with Gasteiger partial charge in [0.2, 0.25) is 18.5 Å². The Bertz CT molecular complexity index is 2600. The molecule has 382 valence electrons. The number of amides is 1. The SMILES string of the molecule is C=CCO[C@@]12Oc3ccc(OCc4ccccc4F)cc3[C@H]3[C@H](CCCCO)[C@@H](CCCCO)C=C(C(=NOCc4ccc([N+](=O)[O-])cc4)C[C@@H]1N(Cc1ccc4c(c1)OCO4)C(=O)CCC1CCCC1)[C@H]32. The molecule has 0 bridgehead atoms. The normalized spacial score (nSPS) is 23.4. The van der Waals surface area contributed by atoms with Crippen molar-refractivity contribution >= 4 is 17.3 Å². The third kappa shape index (κ3) is 11.2. The van der Waals surface area contributed by atoms with Crippen molar-refractivity contribution in [3.63, 3.8) is 0 Å². The summed E-state index contributed by atoms with van der Waals surface area (Å²) in [6, 6.07) is 23.4. The summed E-state index contributed by atoms with van der Waals surface area (Å²) in [4.78, 5) is 34.6. The second kappa shape index (κ2) is 23.5. The van der Waals surface area contributed by atoms with Gasteiger partial charge in [0.1, 0.15) is 36.6 Å². The number of rotatable bonds is 24. The number of aliphatic hydroxyl groups excluding tert-OH is 2. The smallest absolute Gasteiger partial charge is 0.269 e. The Hall–Kier alpha value is -6.29. The molecular weight excluding hydrogens is 922 g/mol. The van der Waals surface area contributed by atoms with Crippen molar-refractivity contribution < 1.29 is 52.8 Å². The number of unbranched alkanes of at least 4 members (excludes halogenated alkanes) is 2. The number of non-ortho nitro benzene ring substituents is 1. The zero-order valence-electron chi connectivity index (χ0n) is 40.8. The molecule has 72 heavy (non-hydrogen) atoms. The van der Waals surface area contributed by atoms with Crippen LogP contribution in [0.3, 0.4) is 0 Å². The summed E-state index contributed by atoms with van der Waals surface area (Å²) in [5.74, 6) is -0.1000. The van der Waals surface area contributed by atoms with E-state index in [-0.39, 0.29) is 88.0 Å². The van der Waals surface area contributed by atoms with Gasteiger partial charge in [-0.1, -0.05) is 80.1 Å². The van der Waals surface area contributed by atoms with Gasteiger partial charge < -0.3 is 43.6 Å². The van der Waals surface area contributed by atoms with Crippen LogP contribution in [0.25, 0.3) is 0 Å². The van der Waals surface area contributed by atoms with Gasteiger partial charge >= 0.3 is 0 Å². The number of carbonyl (C=O) groups is 1. The largest absolute Gasteiger partial charge is 0.489 e. The number of carbonyl (C=O) groups excluding carboxylic acids is 1. The first kappa shape index (κ1) is 50.6. The maximum absolute atomic E-state index is 15.4. The summed E-state index contributed by atoms with van der Waals surface area (Å²) < 4.78 is 47.6. The molecule has 2 saturated carbocycles. The maximum Gasteiger partial charge on any atom is 0.269 e. The van der Waals surface area contributed by atoms with Crippen molar-refractivity contribution in [1.29, 1.82) is 0 Å². The van der Waals surface area contributed by atoms with E-state index in [1.54, 1.807) is 36.4 Å². The lowest BCUT2D eigenvalue weighted by Crippen LogP contribution is -2.70. The minimum absolute atomic E-state index is 0.00439. The molecule has 9 rings (SSSR count). The van der Waals surface area contributed by atoms with Gasteiger partial charge in [-0.2, -0.15) is 0 Å². The molecule has 14 nitrogen and oxygen atoms in total. The van der Waals surface area contributed by atoms with E-state index >= 15 is 4.79 Å². The summed E-state index contributed by atoms with van der Waals surface area (Å²) in [6.45, 7) is 4.61. The lowest BCUT2D eigenvalue weighted by atomic mass is 9.55. The van der Waals surface area contributed by atoms with E-state index in [2.05, 4.69) is 12.7 Å². The minimum Gasteiger partial charge on any atom is -0.489 e. The molecule has 2 heterocycles. The van der Waals surface area contributed by atoms with E-state index in [0.717, 1.165) is 74.5 Å². The molecule has 0 radical (unpaired) electrons. The minimum atomic E-state index is -1.50. The van der Waals surface area contributed by atoms with Gasteiger partial charge in [0.05, 0.1) is 23.2 Å². The molecule has 15 heteroatoms. The number of aliphatic hydroxyl groups is 2. The molecule has 4 aromatic rings. The zero-order valence-corrected chi connectivity index (χ0v) is 40.8. The van der Waals surface area contributed by atoms with Crippen molar-refractivity contribution in [3.8, 4) is 23.0 Å². The number of benzene rings is 4. The number of hydrogen-bond acceptors (Lipinski definition) is 12. The Morgan fingerprint density at radius 2 is 1.65 bits per heavy atom. The lowest BCUT2D eigenvalue weighted by Gasteiger charge is -2.60. The van der Waals surface area contributed by atoms with Crippen LogP contribution in [0.15, 0.2) is 114 Å². The average molecular weight is 988 g/mol. The van der Waals surface area contributed by atoms with Gasteiger partial charge in [-0.05, 0) is 115 Å². The molecule has 5 aliphatic rings. The molecule has 2 N–H and O–H groups in total. The Morgan fingerprint density at radius 1 is 0.903 bits per heavy atom. The van der Waals surface area contributed by atoms with Crippen LogP contribution in [0.1, 0.15) is 112 Å². The molecule has 3 aliphatic carbocycles. The first-order chi connectivity index (χ1) is 35.2. The molecule has 0 aromatic heterocycles. The molecule has 0 spiro atoms. The van der Waals surface area contributed by atoms with E-state index in [9.17, 15) is 24.7 Å². The van der Waals surface area contributed by atoms with Crippen LogP contribution in [0, 0.1) is 39.6 Å². The highest BCUT2D eigenvalue weighted by Gasteiger charge is 2.65. The zero-order chi connectivity index (χ0) is 50.0. The van der Waals surface area contributed by atoms with Crippen LogP contribution in [0.5, 0.6) is 23.0 Å². The number of oxime groups is 1. The standard InChI is InChI=1S/C57H66FN3O11/c1-2-29-70-57-53(60(54(64)26-20-38-11-3-4-12-38)34-40-19-24-51-52(30-40)69-37-68-51)33-49(59-71-35-39-17-21-43(22-18-39)61(65)66)46-31-41(13-7-9-27-62)45(15-8-10-28-63)55(56(46)57)47-32-44(23-25-50(47)72-57)67-36-42-14-5-6-16-48(42)58/h2,5-6,14,16-19,21-25,30-32,38,41,45,53,55-56,62-63H,1,3-4,7-13,15,20,26-29,33-37H2/t41-,45+,53-,55+,56+,57+/m0/s1.